The van der Waals surface area contributed by atoms with Crippen LogP contribution in [-0.4, -0.2) is 43.5 Å². The van der Waals surface area contributed by atoms with E-state index in [0.717, 1.165) is 0 Å². The number of aromatic amines is 2. The number of carbonyl (C=O) groups excluding carboxylic acids is 2. The Labute approximate surface area is 181 Å². The first-order valence-corrected chi connectivity index (χ1v) is 10.7. The third-order valence-electron chi connectivity index (χ3n) is 4.35. The molecule has 0 aliphatic rings. The van der Waals surface area contributed by atoms with Gasteiger partial charge in [-0.2, -0.15) is 0 Å². The molecule has 0 atom stereocenters. The summed E-state index contributed by atoms with van der Waals surface area (Å²) in [6, 6.07) is 9.55. The summed E-state index contributed by atoms with van der Waals surface area (Å²) in [4.78, 5) is 48.4. The van der Waals surface area contributed by atoms with Crippen LogP contribution in [0.25, 0.3) is 10.8 Å². The van der Waals surface area contributed by atoms with E-state index < -0.39 is 39.5 Å². The first-order valence-electron chi connectivity index (χ1n) is 9.25. The zero-order valence-electron chi connectivity index (χ0n) is 16.6. The molecule has 1 heterocycles. The van der Waals surface area contributed by atoms with E-state index in [2.05, 4.69) is 32.1 Å². The van der Waals surface area contributed by atoms with Crippen LogP contribution in [0.1, 0.15) is 10.4 Å². The van der Waals surface area contributed by atoms with Gasteiger partial charge in [0.2, 0.25) is 15.9 Å². The quantitative estimate of drug-likeness (QED) is 0.299. The summed E-state index contributed by atoms with van der Waals surface area (Å²) in [7, 11) is -3.72. The smallest absolute Gasteiger partial charge is 0.272 e. The van der Waals surface area contributed by atoms with E-state index in [9.17, 15) is 27.6 Å². The molecule has 0 radical (unpaired) electrons. The van der Waals surface area contributed by atoms with Crippen LogP contribution in [0.4, 0.5) is 5.69 Å². The molecule has 1 aromatic heterocycles. The second kappa shape index (κ2) is 9.41. The van der Waals surface area contributed by atoms with Crippen molar-refractivity contribution in [2.45, 2.75) is 4.90 Å². The summed E-state index contributed by atoms with van der Waals surface area (Å²) in [5.74, 6) is -1.23. The lowest BCUT2D eigenvalue weighted by atomic mass is 10.1. The molecule has 11 nitrogen and oxygen atoms in total. The van der Waals surface area contributed by atoms with E-state index >= 15 is 0 Å². The van der Waals surface area contributed by atoms with Gasteiger partial charge in [0.05, 0.1) is 27.9 Å². The topological polar surface area (TPSA) is 170 Å². The van der Waals surface area contributed by atoms with E-state index in [0.29, 0.717) is 0 Å². The predicted molar refractivity (Wildman–Crippen MR) is 118 cm³/mol. The Balaban J connectivity index is 1.66. The highest BCUT2D eigenvalue weighted by Crippen LogP contribution is 2.16. The molecular formula is C20H19N5O6S. The summed E-state index contributed by atoms with van der Waals surface area (Å²) in [5.41, 5.74) is -0.837. The molecule has 0 bridgehead atoms. The van der Waals surface area contributed by atoms with Gasteiger partial charge in [-0.3, -0.25) is 29.4 Å². The molecule has 12 heteroatoms. The number of nitrogens with one attached hydrogen (secondary N) is 5. The summed E-state index contributed by atoms with van der Waals surface area (Å²) in [5, 5.41) is 9.39. The molecule has 166 valence electrons. The zero-order valence-corrected chi connectivity index (χ0v) is 17.4. The number of hydrogen-bond acceptors (Lipinski definition) is 6. The lowest BCUT2D eigenvalue weighted by Crippen LogP contribution is -2.33. The number of H-pyrrole nitrogens is 2. The molecule has 0 unspecified atom stereocenters. The number of rotatable bonds is 8. The fourth-order valence-electron chi connectivity index (χ4n) is 2.83. The highest BCUT2D eigenvalue weighted by molar-refractivity contribution is 7.89. The van der Waals surface area contributed by atoms with Crippen molar-refractivity contribution in [3.05, 3.63) is 81.4 Å². The van der Waals surface area contributed by atoms with Crippen molar-refractivity contribution in [1.29, 1.82) is 0 Å². The van der Waals surface area contributed by atoms with Crippen molar-refractivity contribution >= 4 is 38.3 Å². The zero-order chi connectivity index (χ0) is 23.3. The summed E-state index contributed by atoms with van der Waals surface area (Å²) in [6.07, 6.45) is 1.40. The van der Waals surface area contributed by atoms with Crippen molar-refractivity contribution in [1.82, 2.24) is 20.2 Å². The summed E-state index contributed by atoms with van der Waals surface area (Å²) >= 11 is 0. The molecule has 3 aromatic rings. The van der Waals surface area contributed by atoms with Gasteiger partial charge in [-0.1, -0.05) is 12.1 Å². The number of fused-ring (bicyclic) bond motifs is 1. The molecule has 0 aliphatic heterocycles. The fourth-order valence-corrected chi connectivity index (χ4v) is 3.83. The van der Waals surface area contributed by atoms with E-state index in [-0.39, 0.29) is 33.5 Å². The maximum atomic E-state index is 12.3. The Morgan fingerprint density at radius 1 is 1.00 bits per heavy atom. The van der Waals surface area contributed by atoms with Crippen molar-refractivity contribution in [2.75, 3.05) is 18.4 Å². The van der Waals surface area contributed by atoms with E-state index in [4.69, 9.17) is 0 Å². The van der Waals surface area contributed by atoms with Gasteiger partial charge in [0.1, 0.15) is 0 Å². The van der Waals surface area contributed by atoms with Crippen LogP contribution in [0.3, 0.4) is 0 Å². The van der Waals surface area contributed by atoms with Gasteiger partial charge in [-0.15, -0.1) is 6.58 Å². The molecule has 0 saturated carbocycles. The van der Waals surface area contributed by atoms with Gasteiger partial charge in [-0.05, 0) is 36.4 Å². The van der Waals surface area contributed by atoms with Crippen LogP contribution in [-0.2, 0) is 14.8 Å². The van der Waals surface area contributed by atoms with Gasteiger partial charge in [0.25, 0.3) is 17.0 Å². The van der Waals surface area contributed by atoms with Crippen molar-refractivity contribution in [2.24, 2.45) is 0 Å². The molecule has 0 spiro atoms. The third-order valence-corrected chi connectivity index (χ3v) is 5.79. The average Bonchev–Trinajstić information content (AvgIpc) is 2.78. The van der Waals surface area contributed by atoms with Gasteiger partial charge >= 0.3 is 0 Å². The Kier molecular flexibility index (Phi) is 6.66. The van der Waals surface area contributed by atoms with Gasteiger partial charge in [0, 0.05) is 12.1 Å². The molecule has 2 amide bonds. The monoisotopic (exact) mass is 457 g/mol. The third kappa shape index (κ3) is 4.99. The number of benzene rings is 2. The summed E-state index contributed by atoms with van der Waals surface area (Å²) < 4.78 is 26.4. The largest absolute Gasteiger partial charge is 0.343 e. The molecule has 0 saturated heterocycles. The summed E-state index contributed by atoms with van der Waals surface area (Å²) in [6.45, 7) is 3.08. The molecule has 32 heavy (non-hydrogen) atoms. The Morgan fingerprint density at radius 3 is 2.38 bits per heavy atom. The van der Waals surface area contributed by atoms with Gasteiger partial charge < -0.3 is 10.6 Å². The molecule has 0 aliphatic carbocycles. The Bertz CT molecular complexity index is 1410. The van der Waals surface area contributed by atoms with Crippen LogP contribution in [0, 0.1) is 0 Å². The van der Waals surface area contributed by atoms with Gasteiger partial charge in [-0.25, -0.2) is 13.1 Å². The van der Waals surface area contributed by atoms with Crippen molar-refractivity contribution in [3.8, 4) is 0 Å². The number of sulfonamides is 1. The van der Waals surface area contributed by atoms with Crippen molar-refractivity contribution in [3.63, 3.8) is 0 Å². The number of aromatic nitrogens is 2. The molecule has 5 N–H and O–H groups in total. The first-order chi connectivity index (χ1) is 15.2. The minimum atomic E-state index is -3.72. The van der Waals surface area contributed by atoms with E-state index in [1.807, 2.05) is 0 Å². The molecule has 3 rings (SSSR count). The number of amides is 2. The molecule has 2 aromatic carbocycles. The second-order valence-corrected chi connectivity index (χ2v) is 8.30. The van der Waals surface area contributed by atoms with Crippen LogP contribution in [0.5, 0.6) is 0 Å². The van der Waals surface area contributed by atoms with Crippen LogP contribution in [0.2, 0.25) is 0 Å². The SMILES string of the molecule is C=CCNS(=O)(=O)c1ccc(C(=O)NCC(=O)Nc2cccc3c(=O)[nH][nH]c(=O)c23)cc1. The van der Waals surface area contributed by atoms with E-state index in [1.165, 1.54) is 48.5 Å². The Morgan fingerprint density at radius 2 is 1.69 bits per heavy atom. The maximum absolute atomic E-state index is 12.3. The number of hydrogen-bond donors (Lipinski definition) is 5. The molecular weight excluding hydrogens is 438 g/mol. The average molecular weight is 457 g/mol. The second-order valence-electron chi connectivity index (χ2n) is 6.53. The maximum Gasteiger partial charge on any atom is 0.272 e. The lowest BCUT2D eigenvalue weighted by molar-refractivity contribution is -0.115. The fraction of sp³-hybridized carbons (Fsp3) is 0.100. The molecule has 0 fully saturated rings. The Hall–Kier alpha value is -4.03. The lowest BCUT2D eigenvalue weighted by Gasteiger charge is -2.09. The first kappa shape index (κ1) is 22.7. The minimum Gasteiger partial charge on any atom is -0.343 e. The normalized spacial score (nSPS) is 11.1. The number of carbonyl (C=O) groups is 2. The minimum absolute atomic E-state index is 0.0118. The van der Waals surface area contributed by atoms with Gasteiger partial charge in [0.15, 0.2) is 0 Å². The van der Waals surface area contributed by atoms with E-state index in [1.54, 1.807) is 0 Å². The highest BCUT2D eigenvalue weighted by atomic mass is 32.2. The van der Waals surface area contributed by atoms with Crippen LogP contribution >= 0.6 is 0 Å². The van der Waals surface area contributed by atoms with Crippen LogP contribution in [0.15, 0.2) is 69.6 Å². The predicted octanol–water partition coefficient (Wildman–Crippen LogP) is 0.0492. The highest BCUT2D eigenvalue weighted by Gasteiger charge is 2.15. The number of anilines is 1. The van der Waals surface area contributed by atoms with Crippen LogP contribution < -0.4 is 26.5 Å². The van der Waals surface area contributed by atoms with Crippen molar-refractivity contribution < 1.29 is 18.0 Å². The standard InChI is InChI=1S/C20H19N5O6S/c1-2-10-22-32(30,31)13-8-6-12(7-9-13)18(27)21-11-16(26)23-15-5-3-4-14-17(15)20(29)25-24-19(14)28/h2-9,22H,1,10-11H2,(H,21,27)(H,23,26)(H,24,28)(H,25,29).